The van der Waals surface area contributed by atoms with Gasteiger partial charge in [0, 0.05) is 11.5 Å². The van der Waals surface area contributed by atoms with Gasteiger partial charge in [0.2, 0.25) is 0 Å². The fourth-order valence-electron chi connectivity index (χ4n) is 2.34. The van der Waals surface area contributed by atoms with Crippen molar-refractivity contribution in [2.24, 2.45) is 0 Å². The van der Waals surface area contributed by atoms with Crippen LogP contribution in [0.1, 0.15) is 35.3 Å². The number of carbonyl (C=O) groups is 1. The maximum atomic E-state index is 12.3. The van der Waals surface area contributed by atoms with Crippen LogP contribution in [0.15, 0.2) is 42.5 Å². The predicted molar refractivity (Wildman–Crippen MR) is 93.1 cm³/mol. The molecule has 0 atom stereocenters. The van der Waals surface area contributed by atoms with Gasteiger partial charge in [-0.3, -0.25) is 4.79 Å². The minimum absolute atomic E-state index is 0.0427. The van der Waals surface area contributed by atoms with Gasteiger partial charge in [0.15, 0.2) is 0 Å². The van der Waals surface area contributed by atoms with Gasteiger partial charge in [-0.15, -0.1) is 0 Å². The predicted octanol–water partition coefficient (Wildman–Crippen LogP) is 1.75. The van der Waals surface area contributed by atoms with Gasteiger partial charge in [-0.2, -0.15) is 0 Å². The SMILES string of the molecule is CC(C)NC(=O)c1cc(Cc2ccccc2)cc(B(O)O)c1Cl. The molecule has 0 saturated heterocycles. The Labute approximate surface area is 141 Å². The van der Waals surface area contributed by atoms with Crippen molar-refractivity contribution >= 4 is 30.1 Å². The highest BCUT2D eigenvalue weighted by molar-refractivity contribution is 6.63. The van der Waals surface area contributed by atoms with E-state index in [0.717, 1.165) is 11.1 Å². The Balaban J connectivity index is 2.43. The molecule has 0 bridgehead atoms. The molecule has 1 amide bonds. The fourth-order valence-corrected chi connectivity index (χ4v) is 2.63. The Morgan fingerprint density at radius 2 is 1.83 bits per heavy atom. The zero-order valence-corrected chi connectivity index (χ0v) is 13.8. The number of hydrogen-bond donors (Lipinski definition) is 3. The third-order valence-corrected chi connectivity index (χ3v) is 3.78. The van der Waals surface area contributed by atoms with Gasteiger partial charge in [0.05, 0.1) is 10.6 Å². The van der Waals surface area contributed by atoms with Crippen LogP contribution < -0.4 is 10.8 Å². The van der Waals surface area contributed by atoms with Crippen molar-refractivity contribution in [3.05, 3.63) is 64.2 Å². The van der Waals surface area contributed by atoms with E-state index in [4.69, 9.17) is 11.6 Å². The van der Waals surface area contributed by atoms with E-state index in [9.17, 15) is 14.8 Å². The third kappa shape index (κ3) is 4.58. The van der Waals surface area contributed by atoms with Crippen LogP contribution in [0.5, 0.6) is 0 Å². The number of nitrogens with one attached hydrogen (secondary N) is 1. The standard InChI is InChI=1S/C17H19BClNO3/c1-11(2)20-17(21)14-9-13(8-12-6-4-3-5-7-12)10-15(16(14)19)18(22)23/h3-7,9-11,22-23H,8H2,1-2H3,(H,20,21). The summed E-state index contributed by atoms with van der Waals surface area (Å²) >= 11 is 6.18. The number of carbonyl (C=O) groups excluding carboxylic acids is 1. The molecule has 23 heavy (non-hydrogen) atoms. The highest BCUT2D eigenvalue weighted by atomic mass is 35.5. The summed E-state index contributed by atoms with van der Waals surface area (Å²) in [6.45, 7) is 3.70. The van der Waals surface area contributed by atoms with Crippen molar-refractivity contribution in [2.75, 3.05) is 0 Å². The molecule has 0 radical (unpaired) electrons. The summed E-state index contributed by atoms with van der Waals surface area (Å²) in [6.07, 6.45) is 0.569. The van der Waals surface area contributed by atoms with E-state index in [1.54, 1.807) is 12.1 Å². The maximum absolute atomic E-state index is 12.3. The first kappa shape index (κ1) is 17.5. The molecule has 2 aromatic rings. The van der Waals surface area contributed by atoms with Gasteiger partial charge >= 0.3 is 7.12 Å². The van der Waals surface area contributed by atoms with Crippen LogP contribution in [0.4, 0.5) is 0 Å². The Morgan fingerprint density at radius 3 is 2.39 bits per heavy atom. The molecule has 6 heteroatoms. The lowest BCUT2D eigenvalue weighted by Crippen LogP contribution is -2.35. The monoisotopic (exact) mass is 331 g/mol. The Bertz CT molecular complexity index is 690. The molecule has 2 rings (SSSR count). The molecule has 2 aromatic carbocycles. The highest BCUT2D eigenvalue weighted by Crippen LogP contribution is 2.19. The van der Waals surface area contributed by atoms with Crippen LogP contribution in [0.3, 0.4) is 0 Å². The second-order valence-electron chi connectivity index (χ2n) is 5.71. The van der Waals surface area contributed by atoms with E-state index in [2.05, 4.69) is 5.32 Å². The van der Waals surface area contributed by atoms with Gasteiger partial charge in [0.1, 0.15) is 0 Å². The van der Waals surface area contributed by atoms with E-state index < -0.39 is 7.12 Å². The van der Waals surface area contributed by atoms with Crippen molar-refractivity contribution in [3.8, 4) is 0 Å². The molecule has 120 valence electrons. The quantitative estimate of drug-likeness (QED) is 0.731. The molecule has 0 aromatic heterocycles. The molecular weight excluding hydrogens is 312 g/mol. The van der Waals surface area contributed by atoms with Crippen LogP contribution in [0, 0.1) is 0 Å². The Morgan fingerprint density at radius 1 is 1.17 bits per heavy atom. The molecule has 0 unspecified atom stereocenters. The van der Waals surface area contributed by atoms with Crippen LogP contribution in [0.25, 0.3) is 0 Å². The van der Waals surface area contributed by atoms with Crippen molar-refractivity contribution in [2.45, 2.75) is 26.3 Å². The van der Waals surface area contributed by atoms with Gasteiger partial charge in [0.25, 0.3) is 5.91 Å². The second-order valence-corrected chi connectivity index (χ2v) is 6.09. The van der Waals surface area contributed by atoms with Crippen LogP contribution in [0.2, 0.25) is 5.02 Å². The molecule has 3 N–H and O–H groups in total. The van der Waals surface area contributed by atoms with Crippen LogP contribution in [-0.2, 0) is 6.42 Å². The Kier molecular flexibility index (Phi) is 5.83. The molecule has 0 saturated carbocycles. The van der Waals surface area contributed by atoms with Gasteiger partial charge in [-0.1, -0.05) is 48.0 Å². The first-order valence-electron chi connectivity index (χ1n) is 7.41. The van der Waals surface area contributed by atoms with E-state index in [1.165, 1.54) is 0 Å². The zero-order chi connectivity index (χ0) is 17.0. The smallest absolute Gasteiger partial charge is 0.423 e. The minimum atomic E-state index is -1.73. The summed E-state index contributed by atoms with van der Waals surface area (Å²) in [6, 6.07) is 13.0. The molecule has 4 nitrogen and oxygen atoms in total. The van der Waals surface area contributed by atoms with E-state index in [-0.39, 0.29) is 28.0 Å². The highest BCUT2D eigenvalue weighted by Gasteiger charge is 2.22. The number of hydrogen-bond acceptors (Lipinski definition) is 3. The lowest BCUT2D eigenvalue weighted by Gasteiger charge is -2.14. The van der Waals surface area contributed by atoms with E-state index in [1.807, 2.05) is 44.2 Å². The van der Waals surface area contributed by atoms with Crippen LogP contribution in [-0.4, -0.2) is 29.1 Å². The summed E-state index contributed by atoms with van der Waals surface area (Å²) < 4.78 is 0. The summed E-state index contributed by atoms with van der Waals surface area (Å²) in [4.78, 5) is 12.3. The number of halogens is 1. The first-order valence-corrected chi connectivity index (χ1v) is 7.79. The lowest BCUT2D eigenvalue weighted by atomic mass is 9.78. The third-order valence-electron chi connectivity index (χ3n) is 3.35. The van der Waals surface area contributed by atoms with E-state index >= 15 is 0 Å². The molecule has 0 aliphatic carbocycles. The largest absolute Gasteiger partial charge is 0.489 e. The van der Waals surface area contributed by atoms with Gasteiger partial charge < -0.3 is 15.4 Å². The van der Waals surface area contributed by atoms with E-state index in [0.29, 0.717) is 6.42 Å². The summed E-state index contributed by atoms with van der Waals surface area (Å²) in [5.41, 5.74) is 2.23. The number of benzene rings is 2. The summed E-state index contributed by atoms with van der Waals surface area (Å²) in [5.74, 6) is -0.332. The fraction of sp³-hybridized carbons (Fsp3) is 0.235. The molecule has 0 aliphatic heterocycles. The first-order chi connectivity index (χ1) is 10.9. The number of amides is 1. The molecule has 0 spiro atoms. The lowest BCUT2D eigenvalue weighted by molar-refractivity contribution is 0.0943. The zero-order valence-electron chi connectivity index (χ0n) is 13.1. The van der Waals surface area contributed by atoms with Crippen LogP contribution >= 0.6 is 11.6 Å². The molecule has 0 fully saturated rings. The molecule has 0 heterocycles. The van der Waals surface area contributed by atoms with Crippen molar-refractivity contribution in [3.63, 3.8) is 0 Å². The summed E-state index contributed by atoms with van der Waals surface area (Å²) in [5, 5.41) is 21.9. The molecule has 0 aliphatic rings. The minimum Gasteiger partial charge on any atom is -0.423 e. The average Bonchev–Trinajstić information content (AvgIpc) is 2.48. The topological polar surface area (TPSA) is 69.6 Å². The van der Waals surface area contributed by atoms with Gasteiger partial charge in [-0.05, 0) is 37.5 Å². The van der Waals surface area contributed by atoms with Gasteiger partial charge in [-0.25, -0.2) is 0 Å². The second kappa shape index (κ2) is 7.64. The Hall–Kier alpha value is -1.82. The van der Waals surface area contributed by atoms with Crippen molar-refractivity contribution < 1.29 is 14.8 Å². The number of rotatable bonds is 5. The molecular formula is C17H19BClNO3. The van der Waals surface area contributed by atoms with Crippen molar-refractivity contribution in [1.29, 1.82) is 0 Å². The van der Waals surface area contributed by atoms with Crippen molar-refractivity contribution in [1.82, 2.24) is 5.32 Å². The average molecular weight is 332 g/mol. The summed E-state index contributed by atoms with van der Waals surface area (Å²) in [7, 11) is -1.73. The maximum Gasteiger partial charge on any atom is 0.489 e. The normalized spacial score (nSPS) is 10.7.